The lowest BCUT2D eigenvalue weighted by atomic mass is 10.1. The molecule has 2 aromatic carbocycles. The molecular formula is C24H31BrN2O3. The van der Waals surface area contributed by atoms with E-state index < -0.39 is 6.04 Å². The molecule has 2 amide bonds. The summed E-state index contributed by atoms with van der Waals surface area (Å²) in [4.78, 5) is 27.6. The van der Waals surface area contributed by atoms with Gasteiger partial charge in [-0.2, -0.15) is 0 Å². The van der Waals surface area contributed by atoms with Crippen LogP contribution in [0.5, 0.6) is 5.75 Å². The largest absolute Gasteiger partial charge is 0.484 e. The van der Waals surface area contributed by atoms with Gasteiger partial charge < -0.3 is 15.0 Å². The SMILES string of the molecule is CCCNC(=O)[C@H](CC)N(Cc1ccccc1C)C(=O)COc1ccc(Br)c(C)c1. The van der Waals surface area contributed by atoms with Crippen LogP contribution >= 0.6 is 15.9 Å². The molecule has 30 heavy (non-hydrogen) atoms. The third-order valence-electron chi connectivity index (χ3n) is 5.03. The van der Waals surface area contributed by atoms with Crippen molar-refractivity contribution < 1.29 is 14.3 Å². The first kappa shape index (κ1) is 23.9. The second kappa shape index (κ2) is 11.7. The average molecular weight is 475 g/mol. The van der Waals surface area contributed by atoms with E-state index >= 15 is 0 Å². The summed E-state index contributed by atoms with van der Waals surface area (Å²) in [6.07, 6.45) is 1.38. The van der Waals surface area contributed by atoms with Crippen molar-refractivity contribution in [2.45, 2.75) is 53.1 Å². The van der Waals surface area contributed by atoms with Crippen molar-refractivity contribution >= 4 is 27.7 Å². The van der Waals surface area contributed by atoms with Gasteiger partial charge in [0.1, 0.15) is 11.8 Å². The maximum absolute atomic E-state index is 13.2. The number of carbonyl (C=O) groups excluding carboxylic acids is 2. The lowest BCUT2D eigenvalue weighted by Crippen LogP contribution is -2.50. The van der Waals surface area contributed by atoms with E-state index in [2.05, 4.69) is 21.2 Å². The topological polar surface area (TPSA) is 58.6 Å². The van der Waals surface area contributed by atoms with Gasteiger partial charge in [-0.05, 0) is 61.6 Å². The molecule has 0 aliphatic rings. The van der Waals surface area contributed by atoms with Gasteiger partial charge in [-0.3, -0.25) is 9.59 Å². The fourth-order valence-corrected chi connectivity index (χ4v) is 3.44. The molecule has 0 aliphatic heterocycles. The molecular weight excluding hydrogens is 444 g/mol. The lowest BCUT2D eigenvalue weighted by molar-refractivity contribution is -0.143. The van der Waals surface area contributed by atoms with E-state index in [4.69, 9.17) is 4.74 Å². The Hall–Kier alpha value is -2.34. The maximum atomic E-state index is 13.2. The third-order valence-corrected chi connectivity index (χ3v) is 5.92. The van der Waals surface area contributed by atoms with E-state index in [9.17, 15) is 9.59 Å². The predicted molar refractivity (Wildman–Crippen MR) is 123 cm³/mol. The van der Waals surface area contributed by atoms with Crippen LogP contribution in [0.3, 0.4) is 0 Å². The highest BCUT2D eigenvalue weighted by atomic mass is 79.9. The summed E-state index contributed by atoms with van der Waals surface area (Å²) >= 11 is 3.47. The van der Waals surface area contributed by atoms with Gasteiger partial charge in [0, 0.05) is 17.6 Å². The molecule has 0 aromatic heterocycles. The molecule has 1 N–H and O–H groups in total. The van der Waals surface area contributed by atoms with Crippen molar-refractivity contribution in [1.82, 2.24) is 10.2 Å². The van der Waals surface area contributed by atoms with Crippen LogP contribution in [0.15, 0.2) is 46.9 Å². The molecule has 1 atom stereocenters. The summed E-state index contributed by atoms with van der Waals surface area (Å²) in [5.74, 6) is 0.293. The Morgan fingerprint density at radius 1 is 1.10 bits per heavy atom. The number of nitrogens with one attached hydrogen (secondary N) is 1. The molecule has 6 heteroatoms. The van der Waals surface area contributed by atoms with Crippen LogP contribution in [-0.4, -0.2) is 35.9 Å². The van der Waals surface area contributed by atoms with Gasteiger partial charge in [0.2, 0.25) is 5.91 Å². The molecule has 2 rings (SSSR count). The number of carbonyl (C=O) groups is 2. The number of rotatable bonds is 10. The van der Waals surface area contributed by atoms with E-state index in [1.165, 1.54) is 0 Å². The normalized spacial score (nSPS) is 11.6. The predicted octanol–water partition coefficient (Wildman–Crippen LogP) is 4.78. The van der Waals surface area contributed by atoms with Crippen molar-refractivity contribution in [3.8, 4) is 5.75 Å². The Balaban J connectivity index is 2.21. The summed E-state index contributed by atoms with van der Waals surface area (Å²) in [5, 5.41) is 2.93. The Bertz CT molecular complexity index is 869. The van der Waals surface area contributed by atoms with E-state index in [-0.39, 0.29) is 18.4 Å². The Morgan fingerprint density at radius 3 is 2.47 bits per heavy atom. The van der Waals surface area contributed by atoms with Crippen LogP contribution in [0.4, 0.5) is 0 Å². The van der Waals surface area contributed by atoms with Gasteiger partial charge in [0.15, 0.2) is 6.61 Å². The number of halogens is 1. The molecule has 0 aliphatic carbocycles. The van der Waals surface area contributed by atoms with Crippen molar-refractivity contribution in [2.75, 3.05) is 13.2 Å². The number of amides is 2. The highest BCUT2D eigenvalue weighted by molar-refractivity contribution is 9.10. The summed E-state index contributed by atoms with van der Waals surface area (Å²) < 4.78 is 6.75. The molecule has 0 saturated heterocycles. The molecule has 0 spiro atoms. The van der Waals surface area contributed by atoms with Gasteiger partial charge in [0.25, 0.3) is 5.91 Å². The molecule has 162 valence electrons. The molecule has 0 bridgehead atoms. The van der Waals surface area contributed by atoms with E-state index in [1.807, 2.05) is 70.2 Å². The summed E-state index contributed by atoms with van der Waals surface area (Å²) in [6, 6.07) is 13.0. The van der Waals surface area contributed by atoms with Gasteiger partial charge in [-0.25, -0.2) is 0 Å². The number of hydrogen-bond donors (Lipinski definition) is 1. The van der Waals surface area contributed by atoms with E-state index in [1.54, 1.807) is 4.90 Å². The number of aryl methyl sites for hydroxylation is 2. The van der Waals surface area contributed by atoms with Crippen molar-refractivity contribution in [3.05, 3.63) is 63.6 Å². The number of nitrogens with zero attached hydrogens (tertiary/aromatic N) is 1. The monoisotopic (exact) mass is 474 g/mol. The molecule has 0 fully saturated rings. The fourth-order valence-electron chi connectivity index (χ4n) is 3.19. The van der Waals surface area contributed by atoms with Crippen molar-refractivity contribution in [3.63, 3.8) is 0 Å². The van der Waals surface area contributed by atoms with Gasteiger partial charge >= 0.3 is 0 Å². The quantitative estimate of drug-likeness (QED) is 0.538. The third kappa shape index (κ3) is 6.59. The molecule has 2 aromatic rings. The van der Waals surface area contributed by atoms with Gasteiger partial charge in [0.05, 0.1) is 0 Å². The second-order valence-electron chi connectivity index (χ2n) is 7.36. The average Bonchev–Trinajstić information content (AvgIpc) is 2.74. The summed E-state index contributed by atoms with van der Waals surface area (Å²) in [6.45, 7) is 8.75. The summed E-state index contributed by atoms with van der Waals surface area (Å²) in [7, 11) is 0. The highest BCUT2D eigenvalue weighted by Gasteiger charge is 2.29. The van der Waals surface area contributed by atoms with Crippen molar-refractivity contribution in [1.29, 1.82) is 0 Å². The van der Waals surface area contributed by atoms with E-state index in [0.29, 0.717) is 25.3 Å². The minimum absolute atomic E-state index is 0.121. The van der Waals surface area contributed by atoms with Crippen LogP contribution in [0.25, 0.3) is 0 Å². The second-order valence-corrected chi connectivity index (χ2v) is 8.22. The minimum Gasteiger partial charge on any atom is -0.484 e. The lowest BCUT2D eigenvalue weighted by Gasteiger charge is -2.31. The fraction of sp³-hybridized carbons (Fsp3) is 0.417. The van der Waals surface area contributed by atoms with Gasteiger partial charge in [-0.15, -0.1) is 0 Å². The Morgan fingerprint density at radius 2 is 1.83 bits per heavy atom. The Kier molecular flexibility index (Phi) is 9.37. The number of ether oxygens (including phenoxy) is 1. The molecule has 0 heterocycles. The Labute approximate surface area is 187 Å². The van der Waals surface area contributed by atoms with Crippen LogP contribution in [0, 0.1) is 13.8 Å². The van der Waals surface area contributed by atoms with Crippen LogP contribution in [-0.2, 0) is 16.1 Å². The zero-order chi connectivity index (χ0) is 22.1. The first-order valence-electron chi connectivity index (χ1n) is 10.4. The highest BCUT2D eigenvalue weighted by Crippen LogP contribution is 2.22. The molecule has 0 saturated carbocycles. The van der Waals surface area contributed by atoms with Crippen molar-refractivity contribution in [2.24, 2.45) is 0 Å². The maximum Gasteiger partial charge on any atom is 0.261 e. The zero-order valence-corrected chi connectivity index (χ0v) is 19.8. The number of benzene rings is 2. The standard InChI is InChI=1S/C24H31BrN2O3/c1-5-13-26-24(29)22(6-2)27(15-19-10-8-7-9-17(19)3)23(28)16-30-20-11-12-21(25)18(4)14-20/h7-12,14,22H,5-6,13,15-16H2,1-4H3,(H,26,29)/t22-/m0/s1. The van der Waals surface area contributed by atoms with Crippen LogP contribution in [0.2, 0.25) is 0 Å². The van der Waals surface area contributed by atoms with Gasteiger partial charge in [-0.1, -0.05) is 54.0 Å². The first-order chi connectivity index (χ1) is 14.4. The molecule has 5 nitrogen and oxygen atoms in total. The first-order valence-corrected chi connectivity index (χ1v) is 11.2. The minimum atomic E-state index is -0.543. The zero-order valence-electron chi connectivity index (χ0n) is 18.2. The molecule has 0 radical (unpaired) electrons. The molecule has 0 unspecified atom stereocenters. The smallest absolute Gasteiger partial charge is 0.261 e. The van der Waals surface area contributed by atoms with Crippen LogP contribution in [0.1, 0.15) is 43.4 Å². The van der Waals surface area contributed by atoms with E-state index in [0.717, 1.165) is 27.6 Å². The van der Waals surface area contributed by atoms with Crippen LogP contribution < -0.4 is 10.1 Å². The summed E-state index contributed by atoms with van der Waals surface area (Å²) in [5.41, 5.74) is 3.14. The number of hydrogen-bond acceptors (Lipinski definition) is 3.